The smallest absolute Gasteiger partial charge is 0.262 e. The fourth-order valence-electron chi connectivity index (χ4n) is 4.07. The Bertz CT molecular complexity index is 1370. The average molecular weight is 409 g/mol. The van der Waals surface area contributed by atoms with Crippen molar-refractivity contribution in [3.8, 4) is 5.75 Å². The minimum Gasteiger partial charge on any atom is -0.485 e. The van der Waals surface area contributed by atoms with Gasteiger partial charge in [-0.25, -0.2) is 0 Å². The normalized spacial score (nSPS) is 16.0. The van der Waals surface area contributed by atoms with Gasteiger partial charge < -0.3 is 4.74 Å². The number of ether oxygens (including phenoxy) is 1. The van der Waals surface area contributed by atoms with Crippen LogP contribution in [-0.2, 0) is 13.7 Å². The van der Waals surface area contributed by atoms with E-state index in [0.717, 1.165) is 5.56 Å². The van der Waals surface area contributed by atoms with E-state index in [1.807, 2.05) is 25.1 Å². The maximum Gasteiger partial charge on any atom is 0.262 e. The van der Waals surface area contributed by atoms with Gasteiger partial charge >= 0.3 is 0 Å². The summed E-state index contributed by atoms with van der Waals surface area (Å²) in [6.07, 6.45) is 0.427. The van der Waals surface area contributed by atoms with Crippen molar-refractivity contribution in [3.63, 3.8) is 0 Å². The number of carbonyl (C=O) groups is 1. The largest absolute Gasteiger partial charge is 0.485 e. The number of rotatable bonds is 3. The molecule has 2 aromatic carbocycles. The molecule has 5 rings (SSSR count). The Balaban J connectivity index is 1.60. The Morgan fingerprint density at radius 2 is 1.97 bits per heavy atom. The van der Waals surface area contributed by atoms with Crippen molar-refractivity contribution in [2.75, 3.05) is 0 Å². The molecule has 1 unspecified atom stereocenters. The van der Waals surface area contributed by atoms with Gasteiger partial charge in [-0.2, -0.15) is 0 Å². The summed E-state index contributed by atoms with van der Waals surface area (Å²) in [5.74, 6) is 1.56. The molecule has 0 saturated carbocycles. The van der Waals surface area contributed by atoms with E-state index in [1.165, 1.54) is 4.57 Å². The zero-order valence-corrected chi connectivity index (χ0v) is 16.6. The van der Waals surface area contributed by atoms with E-state index in [9.17, 15) is 9.59 Å². The molecule has 1 atom stereocenters. The molecule has 146 valence electrons. The van der Waals surface area contributed by atoms with Crippen LogP contribution < -0.4 is 10.3 Å². The van der Waals surface area contributed by atoms with Gasteiger partial charge in [0.2, 0.25) is 5.78 Å². The maximum absolute atomic E-state index is 12.6. The monoisotopic (exact) mass is 408 g/mol. The second kappa shape index (κ2) is 6.42. The minimum atomic E-state index is -0.136. The number of benzene rings is 2. The van der Waals surface area contributed by atoms with Crippen LogP contribution in [0.4, 0.5) is 0 Å². The third kappa shape index (κ3) is 2.57. The SMILES string of the molecule is CC1CC(=O)c2c(OCc3nnc4n(C)c(=O)c5ccccc5n34)ccc(Cl)c21. The van der Waals surface area contributed by atoms with Crippen molar-refractivity contribution in [2.45, 2.75) is 25.9 Å². The first-order valence-electron chi connectivity index (χ1n) is 9.27. The summed E-state index contributed by atoms with van der Waals surface area (Å²) in [6.45, 7) is 2.08. The molecule has 0 saturated heterocycles. The van der Waals surface area contributed by atoms with Crippen molar-refractivity contribution in [3.05, 3.63) is 68.7 Å². The number of nitrogens with zero attached hydrogens (tertiary/aromatic N) is 4. The number of aryl methyl sites for hydroxylation is 1. The summed E-state index contributed by atoms with van der Waals surface area (Å²) in [5.41, 5.74) is 1.97. The van der Waals surface area contributed by atoms with Crippen LogP contribution in [0.25, 0.3) is 16.7 Å². The number of Topliss-reactive ketones (excluding diaryl/α,β-unsaturated/α-hetero) is 1. The molecule has 0 spiro atoms. The van der Waals surface area contributed by atoms with Gasteiger partial charge in [-0.15, -0.1) is 10.2 Å². The van der Waals surface area contributed by atoms with E-state index in [-0.39, 0.29) is 23.9 Å². The van der Waals surface area contributed by atoms with Gasteiger partial charge in [0.05, 0.1) is 16.5 Å². The third-order valence-electron chi connectivity index (χ3n) is 5.47. The molecular formula is C21H17ClN4O3. The van der Waals surface area contributed by atoms with Crippen LogP contribution in [0.15, 0.2) is 41.2 Å². The summed E-state index contributed by atoms with van der Waals surface area (Å²) in [7, 11) is 1.66. The highest BCUT2D eigenvalue weighted by atomic mass is 35.5. The quantitative estimate of drug-likeness (QED) is 0.518. The van der Waals surface area contributed by atoms with Crippen molar-refractivity contribution in [2.24, 2.45) is 7.05 Å². The molecular weight excluding hydrogens is 392 g/mol. The van der Waals surface area contributed by atoms with E-state index in [4.69, 9.17) is 16.3 Å². The number of carbonyl (C=O) groups excluding carboxylic acids is 1. The molecule has 2 aromatic heterocycles. The van der Waals surface area contributed by atoms with E-state index in [2.05, 4.69) is 10.2 Å². The summed E-state index contributed by atoms with van der Waals surface area (Å²) < 4.78 is 9.27. The molecule has 1 aliphatic carbocycles. The van der Waals surface area contributed by atoms with Crippen LogP contribution in [-0.4, -0.2) is 24.9 Å². The van der Waals surface area contributed by atoms with Crippen LogP contribution in [0.3, 0.4) is 0 Å². The molecule has 0 radical (unpaired) electrons. The van der Waals surface area contributed by atoms with E-state index in [1.54, 1.807) is 29.6 Å². The molecule has 0 aliphatic heterocycles. The van der Waals surface area contributed by atoms with Crippen LogP contribution in [0.1, 0.15) is 41.0 Å². The molecule has 0 bridgehead atoms. The first-order valence-corrected chi connectivity index (χ1v) is 9.65. The predicted octanol–water partition coefficient (Wildman–Crippen LogP) is 3.50. The van der Waals surface area contributed by atoms with Gasteiger partial charge in [-0.3, -0.25) is 18.6 Å². The fourth-order valence-corrected chi connectivity index (χ4v) is 4.42. The number of fused-ring (bicyclic) bond motifs is 4. The second-order valence-corrected chi connectivity index (χ2v) is 7.69. The lowest BCUT2D eigenvalue weighted by Crippen LogP contribution is -2.20. The summed E-state index contributed by atoms with van der Waals surface area (Å²) >= 11 is 6.31. The van der Waals surface area contributed by atoms with Gasteiger partial charge in [0, 0.05) is 18.5 Å². The molecule has 2 heterocycles. The van der Waals surface area contributed by atoms with Crippen LogP contribution in [0.2, 0.25) is 5.02 Å². The third-order valence-corrected chi connectivity index (χ3v) is 5.80. The Morgan fingerprint density at radius 1 is 1.17 bits per heavy atom. The number of para-hydroxylation sites is 1. The van der Waals surface area contributed by atoms with Gasteiger partial charge in [-0.05, 0) is 35.7 Å². The Labute approximate surface area is 170 Å². The lowest BCUT2D eigenvalue weighted by Gasteiger charge is -2.12. The highest BCUT2D eigenvalue weighted by Gasteiger charge is 2.32. The van der Waals surface area contributed by atoms with E-state index in [0.29, 0.717) is 45.3 Å². The van der Waals surface area contributed by atoms with Crippen LogP contribution >= 0.6 is 11.6 Å². The number of aromatic nitrogens is 4. The lowest BCUT2D eigenvalue weighted by molar-refractivity contribution is 0.0986. The van der Waals surface area contributed by atoms with Gasteiger partial charge in [0.1, 0.15) is 12.4 Å². The molecule has 8 heteroatoms. The molecule has 4 aromatic rings. The Kier molecular flexibility index (Phi) is 3.96. The molecule has 0 amide bonds. The zero-order valence-electron chi connectivity index (χ0n) is 15.8. The van der Waals surface area contributed by atoms with Gasteiger partial charge in [0.25, 0.3) is 5.56 Å². The van der Waals surface area contributed by atoms with Crippen molar-refractivity contribution < 1.29 is 9.53 Å². The van der Waals surface area contributed by atoms with E-state index >= 15 is 0 Å². The molecule has 7 nitrogen and oxygen atoms in total. The molecule has 1 aliphatic rings. The highest BCUT2D eigenvalue weighted by molar-refractivity contribution is 6.32. The fraction of sp³-hybridized carbons (Fsp3) is 0.238. The Hall–Kier alpha value is -3.19. The molecule has 29 heavy (non-hydrogen) atoms. The predicted molar refractivity (Wildman–Crippen MR) is 109 cm³/mol. The van der Waals surface area contributed by atoms with Gasteiger partial charge in [-0.1, -0.05) is 30.7 Å². The number of halogens is 1. The number of hydrogen-bond acceptors (Lipinski definition) is 5. The first kappa shape index (κ1) is 17.9. The standard InChI is InChI=1S/C21H17ClN4O3/c1-11-9-15(27)19-16(8-7-13(22)18(11)19)29-10-17-23-24-21-25(2)20(28)12-5-3-4-6-14(12)26(17)21/h3-8,11H,9-10H2,1-2H3. The Morgan fingerprint density at radius 3 is 2.79 bits per heavy atom. The molecule has 0 fully saturated rings. The topological polar surface area (TPSA) is 78.5 Å². The summed E-state index contributed by atoms with van der Waals surface area (Å²) in [5, 5.41) is 9.54. The van der Waals surface area contributed by atoms with Crippen LogP contribution in [0, 0.1) is 0 Å². The maximum atomic E-state index is 12.6. The number of ketones is 1. The van der Waals surface area contributed by atoms with Gasteiger partial charge in [0.15, 0.2) is 11.6 Å². The van der Waals surface area contributed by atoms with Crippen molar-refractivity contribution in [1.82, 2.24) is 19.2 Å². The number of hydrogen-bond donors (Lipinski definition) is 0. The minimum absolute atomic E-state index is 0.0314. The summed E-state index contributed by atoms with van der Waals surface area (Å²) in [4.78, 5) is 25.0. The second-order valence-electron chi connectivity index (χ2n) is 7.28. The van der Waals surface area contributed by atoms with Crippen LogP contribution in [0.5, 0.6) is 5.75 Å². The average Bonchev–Trinajstić information content (AvgIpc) is 3.27. The summed E-state index contributed by atoms with van der Waals surface area (Å²) in [6, 6.07) is 10.8. The van der Waals surface area contributed by atoms with E-state index < -0.39 is 0 Å². The molecule has 0 N–H and O–H groups in total. The highest BCUT2D eigenvalue weighted by Crippen LogP contribution is 2.42. The first-order chi connectivity index (χ1) is 14.0. The van der Waals surface area contributed by atoms with Crippen molar-refractivity contribution >= 4 is 34.1 Å². The zero-order chi connectivity index (χ0) is 20.3. The van der Waals surface area contributed by atoms with Crippen molar-refractivity contribution in [1.29, 1.82) is 0 Å². The lowest BCUT2D eigenvalue weighted by atomic mass is 10.0.